The van der Waals surface area contributed by atoms with Crippen molar-refractivity contribution in [3.63, 3.8) is 0 Å². The third kappa shape index (κ3) is 2.32. The first-order chi connectivity index (χ1) is 9.15. The minimum absolute atomic E-state index is 0.0602. The number of anilines is 2. The molecule has 2 fully saturated rings. The molecule has 3 rings (SSSR count). The van der Waals surface area contributed by atoms with E-state index in [2.05, 4.69) is 0 Å². The molecule has 0 aliphatic carbocycles. The number of carbonyl (C=O) groups is 2. The Morgan fingerprint density at radius 1 is 1.00 bits per heavy atom. The molecular weight excluding hydrogens is 264 g/mol. The van der Waals surface area contributed by atoms with Gasteiger partial charge in [0.1, 0.15) is 0 Å². The van der Waals surface area contributed by atoms with Gasteiger partial charge in [0.05, 0.1) is 5.38 Å². The van der Waals surface area contributed by atoms with Gasteiger partial charge in [-0.3, -0.25) is 9.59 Å². The van der Waals surface area contributed by atoms with E-state index in [4.69, 9.17) is 11.6 Å². The lowest BCUT2D eigenvalue weighted by Crippen LogP contribution is -2.25. The molecule has 5 heteroatoms. The van der Waals surface area contributed by atoms with Crippen LogP contribution in [0.3, 0.4) is 0 Å². The number of amides is 2. The van der Waals surface area contributed by atoms with Gasteiger partial charge >= 0.3 is 0 Å². The molecule has 2 amide bonds. The van der Waals surface area contributed by atoms with Crippen molar-refractivity contribution in [3.05, 3.63) is 24.3 Å². The van der Waals surface area contributed by atoms with Crippen molar-refractivity contribution >= 4 is 34.8 Å². The van der Waals surface area contributed by atoms with Crippen LogP contribution in [0.2, 0.25) is 0 Å². The Hall–Kier alpha value is -1.55. The van der Waals surface area contributed by atoms with Gasteiger partial charge in [-0.25, -0.2) is 0 Å². The van der Waals surface area contributed by atoms with E-state index >= 15 is 0 Å². The van der Waals surface area contributed by atoms with Crippen molar-refractivity contribution in [3.8, 4) is 0 Å². The summed E-state index contributed by atoms with van der Waals surface area (Å²) in [5.74, 6) is 0.232. The Bertz CT molecular complexity index is 515. The lowest BCUT2D eigenvalue weighted by atomic mass is 10.2. The van der Waals surface area contributed by atoms with Gasteiger partial charge in [0.15, 0.2) is 0 Å². The molecule has 0 spiro atoms. The van der Waals surface area contributed by atoms with Gasteiger partial charge in [0, 0.05) is 37.3 Å². The number of rotatable bonds is 2. The van der Waals surface area contributed by atoms with Crippen LogP contribution >= 0.6 is 11.6 Å². The molecule has 0 N–H and O–H groups in total. The zero-order valence-corrected chi connectivity index (χ0v) is 11.3. The highest BCUT2D eigenvalue weighted by Crippen LogP contribution is 2.28. The average Bonchev–Trinajstić information content (AvgIpc) is 2.96. The summed E-state index contributed by atoms with van der Waals surface area (Å²) >= 11 is 5.99. The normalized spacial score (nSPS) is 23.5. The van der Waals surface area contributed by atoms with Crippen molar-refractivity contribution < 1.29 is 9.59 Å². The summed E-state index contributed by atoms with van der Waals surface area (Å²) in [5.41, 5.74) is 1.75. The number of nitrogens with zero attached hydrogens (tertiary/aromatic N) is 2. The number of hydrogen-bond donors (Lipinski definition) is 0. The molecule has 100 valence electrons. The summed E-state index contributed by atoms with van der Waals surface area (Å²) in [6, 6.07) is 7.56. The van der Waals surface area contributed by atoms with Crippen LogP contribution in [0, 0.1) is 0 Å². The quantitative estimate of drug-likeness (QED) is 0.778. The molecule has 1 unspecified atom stereocenters. The highest BCUT2D eigenvalue weighted by Gasteiger charge is 2.29. The third-order valence-electron chi connectivity index (χ3n) is 3.62. The summed E-state index contributed by atoms with van der Waals surface area (Å²) in [5, 5.41) is -0.104. The lowest BCUT2D eigenvalue weighted by molar-refractivity contribution is -0.117. The fourth-order valence-corrected chi connectivity index (χ4v) is 2.92. The standard InChI is InChI=1S/C14H15ClN2O2/c15-10-8-14(19)17(9-10)12-5-3-11(4-6-12)16-7-1-2-13(16)18/h3-6,10H,1-2,7-9H2. The maximum atomic E-state index is 11.8. The first kappa shape index (κ1) is 12.5. The van der Waals surface area contributed by atoms with Crippen molar-refractivity contribution in [2.45, 2.75) is 24.6 Å². The van der Waals surface area contributed by atoms with Crippen molar-refractivity contribution in [1.82, 2.24) is 0 Å². The maximum Gasteiger partial charge on any atom is 0.228 e. The van der Waals surface area contributed by atoms with Gasteiger partial charge in [-0.1, -0.05) is 0 Å². The molecule has 1 aromatic carbocycles. The van der Waals surface area contributed by atoms with Crippen LogP contribution in [0.15, 0.2) is 24.3 Å². The van der Waals surface area contributed by atoms with Crippen molar-refractivity contribution in [2.75, 3.05) is 22.9 Å². The molecule has 1 aromatic rings. The van der Waals surface area contributed by atoms with E-state index in [9.17, 15) is 9.59 Å². The van der Waals surface area contributed by atoms with Crippen molar-refractivity contribution in [1.29, 1.82) is 0 Å². The van der Waals surface area contributed by atoms with E-state index < -0.39 is 0 Å². The number of alkyl halides is 1. The topological polar surface area (TPSA) is 40.6 Å². The summed E-state index contributed by atoms with van der Waals surface area (Å²) in [6.45, 7) is 1.34. The van der Waals surface area contributed by atoms with E-state index in [-0.39, 0.29) is 17.2 Å². The fraction of sp³-hybridized carbons (Fsp3) is 0.429. The summed E-state index contributed by atoms with van der Waals surface area (Å²) in [6.07, 6.45) is 1.94. The van der Waals surface area contributed by atoms with Gasteiger partial charge < -0.3 is 9.80 Å². The second-order valence-corrected chi connectivity index (χ2v) is 5.59. The monoisotopic (exact) mass is 278 g/mol. The molecule has 2 aliphatic heterocycles. The van der Waals surface area contributed by atoms with Crippen LogP contribution in [0.25, 0.3) is 0 Å². The van der Waals surface area contributed by atoms with Gasteiger partial charge in [-0.2, -0.15) is 0 Å². The second-order valence-electron chi connectivity index (χ2n) is 4.97. The van der Waals surface area contributed by atoms with Crippen LogP contribution in [-0.4, -0.2) is 30.3 Å². The Labute approximate surface area is 116 Å². The van der Waals surface area contributed by atoms with Crippen molar-refractivity contribution in [2.24, 2.45) is 0 Å². The molecule has 2 aliphatic rings. The summed E-state index contributed by atoms with van der Waals surface area (Å²) < 4.78 is 0. The molecule has 0 bridgehead atoms. The van der Waals surface area contributed by atoms with E-state index in [0.717, 1.165) is 24.3 Å². The summed E-state index contributed by atoms with van der Waals surface area (Å²) in [7, 11) is 0. The first-order valence-electron chi connectivity index (χ1n) is 6.50. The molecular formula is C14H15ClN2O2. The fourth-order valence-electron chi connectivity index (χ4n) is 2.65. The van der Waals surface area contributed by atoms with Gasteiger partial charge in [-0.05, 0) is 30.7 Å². The first-order valence-corrected chi connectivity index (χ1v) is 6.93. The number of hydrogen-bond acceptors (Lipinski definition) is 2. The average molecular weight is 279 g/mol. The molecule has 0 aromatic heterocycles. The SMILES string of the molecule is O=C1CCCN1c1ccc(N2CC(Cl)CC2=O)cc1. The highest BCUT2D eigenvalue weighted by molar-refractivity contribution is 6.24. The maximum absolute atomic E-state index is 11.8. The smallest absolute Gasteiger partial charge is 0.228 e. The predicted octanol–water partition coefficient (Wildman–Crippen LogP) is 2.16. The molecule has 2 heterocycles. The Balaban J connectivity index is 1.79. The number of halogens is 1. The van der Waals surface area contributed by atoms with E-state index in [1.807, 2.05) is 24.3 Å². The molecule has 0 saturated carbocycles. The molecule has 0 radical (unpaired) electrons. The van der Waals surface area contributed by atoms with Gasteiger partial charge in [0.25, 0.3) is 0 Å². The third-order valence-corrected chi connectivity index (χ3v) is 3.92. The summed E-state index contributed by atoms with van der Waals surface area (Å²) in [4.78, 5) is 26.9. The van der Waals surface area contributed by atoms with Crippen LogP contribution < -0.4 is 9.80 Å². The largest absolute Gasteiger partial charge is 0.312 e. The zero-order chi connectivity index (χ0) is 13.4. The molecule has 4 nitrogen and oxygen atoms in total. The molecule has 2 saturated heterocycles. The zero-order valence-electron chi connectivity index (χ0n) is 10.5. The lowest BCUT2D eigenvalue weighted by Gasteiger charge is -2.19. The molecule has 19 heavy (non-hydrogen) atoms. The highest BCUT2D eigenvalue weighted by atomic mass is 35.5. The predicted molar refractivity (Wildman–Crippen MR) is 74.6 cm³/mol. The van der Waals surface area contributed by atoms with E-state index in [1.54, 1.807) is 9.80 Å². The molecule has 1 atom stereocenters. The van der Waals surface area contributed by atoms with E-state index in [1.165, 1.54) is 0 Å². The minimum Gasteiger partial charge on any atom is -0.312 e. The van der Waals surface area contributed by atoms with Crippen LogP contribution in [0.5, 0.6) is 0 Å². The minimum atomic E-state index is -0.104. The van der Waals surface area contributed by atoms with E-state index in [0.29, 0.717) is 19.4 Å². The van der Waals surface area contributed by atoms with Crippen LogP contribution in [0.4, 0.5) is 11.4 Å². The number of benzene rings is 1. The Morgan fingerprint density at radius 2 is 1.63 bits per heavy atom. The number of carbonyl (C=O) groups excluding carboxylic acids is 2. The Morgan fingerprint density at radius 3 is 2.11 bits per heavy atom. The van der Waals surface area contributed by atoms with Crippen LogP contribution in [0.1, 0.15) is 19.3 Å². The second kappa shape index (κ2) is 4.85. The van der Waals surface area contributed by atoms with Gasteiger partial charge in [0.2, 0.25) is 11.8 Å². The van der Waals surface area contributed by atoms with Crippen LogP contribution in [-0.2, 0) is 9.59 Å². The van der Waals surface area contributed by atoms with Gasteiger partial charge in [-0.15, -0.1) is 11.6 Å². The Kier molecular flexibility index (Phi) is 3.19.